The van der Waals surface area contributed by atoms with Crippen molar-refractivity contribution in [1.82, 2.24) is 9.97 Å². The van der Waals surface area contributed by atoms with E-state index in [2.05, 4.69) is 9.97 Å². The predicted molar refractivity (Wildman–Crippen MR) is 76.0 cm³/mol. The Kier molecular flexibility index (Phi) is 981. The molecule has 13 heteroatoms. The zero-order valence-electron chi connectivity index (χ0n) is 10.1. The SMILES string of the molecule is [CH3-].[NH2-].[NH2-].[NH2-].[NH2-].[NH2-].[NH2-].[NH2-].[NH2-].[NH2-].[Ru+5].[Ru+5].c1cnccn1. The molecule has 18 N–H and O–H groups in total. The Hall–Kier alpha value is -0.0332. The molecule has 0 saturated heterocycles. The molecular formula is C5H25N11Ru2. The number of rotatable bonds is 0. The Morgan fingerprint density at radius 3 is 0.556 bits per heavy atom. The fourth-order valence-electron chi connectivity index (χ4n) is 0.253. The van der Waals surface area contributed by atoms with Crippen molar-refractivity contribution in [2.45, 2.75) is 0 Å². The maximum Gasteiger partial charge on any atom is 5.00 e. The van der Waals surface area contributed by atoms with Crippen LogP contribution >= 0.6 is 0 Å². The molecule has 1 rings (SSSR count). The molecule has 0 amide bonds. The molecule has 18 heavy (non-hydrogen) atoms. The molecule has 116 valence electrons. The Balaban J connectivity index is -0.00000000300. The summed E-state index contributed by atoms with van der Waals surface area (Å²) in [5.41, 5.74) is 0. The molecule has 0 aliphatic carbocycles. The first-order chi connectivity index (χ1) is 3.00. The standard InChI is InChI=1S/C4H4N2.CH3.9H2N.2Ru/c1-2-6-4-3-5-1;;;;;;;;;;;;/h1-4H;1H3;9*1H2;;/q;10*-1;2*+5. The van der Waals surface area contributed by atoms with Crippen molar-refractivity contribution in [3.8, 4) is 0 Å². The van der Waals surface area contributed by atoms with E-state index in [1.807, 2.05) is 0 Å². The van der Waals surface area contributed by atoms with E-state index in [1.54, 1.807) is 24.8 Å². The third kappa shape index (κ3) is 100. The van der Waals surface area contributed by atoms with Gasteiger partial charge in [-0.25, -0.2) is 0 Å². The van der Waals surface area contributed by atoms with Crippen molar-refractivity contribution in [2.24, 2.45) is 0 Å². The second-order valence-electron chi connectivity index (χ2n) is 0.894. The average Bonchev–Trinajstić information content (AvgIpc) is 1.72. The van der Waals surface area contributed by atoms with Crippen LogP contribution < -0.4 is 0 Å². The van der Waals surface area contributed by atoms with Gasteiger partial charge in [-0.05, 0) is 0 Å². The van der Waals surface area contributed by atoms with E-state index < -0.39 is 0 Å². The quantitative estimate of drug-likeness (QED) is 0.293. The van der Waals surface area contributed by atoms with E-state index in [0.717, 1.165) is 0 Å². The summed E-state index contributed by atoms with van der Waals surface area (Å²) >= 11 is 0. The maximum atomic E-state index is 3.72. The van der Waals surface area contributed by atoms with Gasteiger partial charge in [0.2, 0.25) is 0 Å². The van der Waals surface area contributed by atoms with Crippen molar-refractivity contribution in [1.29, 1.82) is 0 Å². The van der Waals surface area contributed by atoms with E-state index in [0.29, 0.717) is 0 Å². The third-order valence-electron chi connectivity index (χ3n) is 0.478. The van der Waals surface area contributed by atoms with Gasteiger partial charge in [0.05, 0.1) is 0 Å². The Bertz CT molecular complexity index is 95.4. The molecular weight excluding hydrogens is 416 g/mol. The second kappa shape index (κ2) is 121. The molecule has 0 fully saturated rings. The van der Waals surface area contributed by atoms with Crippen LogP contribution in [0.25, 0.3) is 55.4 Å². The van der Waals surface area contributed by atoms with Gasteiger partial charge in [0.1, 0.15) is 0 Å². The van der Waals surface area contributed by atoms with Crippen LogP contribution in [0.15, 0.2) is 24.8 Å². The molecule has 2 radical (unpaired) electrons. The van der Waals surface area contributed by atoms with E-state index in [-0.39, 0.29) is 102 Å². The first-order valence-electron chi connectivity index (χ1n) is 1.70. The number of hydrogen-bond acceptors (Lipinski definition) is 2. The third-order valence-corrected chi connectivity index (χ3v) is 0.478. The summed E-state index contributed by atoms with van der Waals surface area (Å²) in [5, 5.41) is 0. The smallest absolute Gasteiger partial charge is 0.693 e. The van der Waals surface area contributed by atoms with E-state index in [1.165, 1.54) is 0 Å². The van der Waals surface area contributed by atoms with Gasteiger partial charge in [-0.2, -0.15) is 0 Å². The summed E-state index contributed by atoms with van der Waals surface area (Å²) in [4.78, 5) is 7.44. The topological polar surface area (TPSA) is 327 Å². The Labute approximate surface area is 136 Å². The van der Waals surface area contributed by atoms with Crippen LogP contribution in [-0.4, -0.2) is 9.97 Å². The number of aromatic nitrogens is 2. The van der Waals surface area contributed by atoms with Crippen LogP contribution in [0.3, 0.4) is 0 Å². The Morgan fingerprint density at radius 1 is 0.389 bits per heavy atom. The minimum Gasteiger partial charge on any atom is -0.693 e. The first kappa shape index (κ1) is 145. The minimum atomic E-state index is 0. The molecule has 0 atom stereocenters. The summed E-state index contributed by atoms with van der Waals surface area (Å²) in [6, 6.07) is 0. The van der Waals surface area contributed by atoms with Crippen LogP contribution in [0.2, 0.25) is 0 Å². The van der Waals surface area contributed by atoms with E-state index in [4.69, 9.17) is 0 Å². The maximum absolute atomic E-state index is 3.72. The van der Waals surface area contributed by atoms with Gasteiger partial charge >= 0.3 is 39.0 Å². The van der Waals surface area contributed by atoms with Crippen LogP contribution in [0, 0.1) is 7.43 Å². The van der Waals surface area contributed by atoms with Crippen molar-refractivity contribution < 1.29 is 39.0 Å². The summed E-state index contributed by atoms with van der Waals surface area (Å²) in [6.07, 6.45) is 6.56. The summed E-state index contributed by atoms with van der Waals surface area (Å²) in [7, 11) is 0. The molecule has 1 aromatic heterocycles. The van der Waals surface area contributed by atoms with Gasteiger partial charge in [-0.1, -0.05) is 0 Å². The van der Waals surface area contributed by atoms with Crippen molar-refractivity contribution in [2.75, 3.05) is 0 Å². The molecule has 1 heterocycles. The van der Waals surface area contributed by atoms with Gasteiger partial charge in [0.15, 0.2) is 0 Å². The molecule has 11 nitrogen and oxygen atoms in total. The number of hydrogen-bond donors (Lipinski definition) is 0. The molecule has 0 aromatic carbocycles. The molecule has 1 aromatic rings. The largest absolute Gasteiger partial charge is 5.00 e. The van der Waals surface area contributed by atoms with E-state index in [9.17, 15) is 0 Å². The van der Waals surface area contributed by atoms with Crippen molar-refractivity contribution >= 4 is 0 Å². The second-order valence-corrected chi connectivity index (χ2v) is 0.894. The zero-order chi connectivity index (χ0) is 4.24. The van der Waals surface area contributed by atoms with Crippen molar-refractivity contribution in [3.63, 3.8) is 0 Å². The van der Waals surface area contributed by atoms with Gasteiger partial charge in [0, 0.05) is 24.8 Å². The average molecular weight is 441 g/mol. The van der Waals surface area contributed by atoms with Crippen LogP contribution in [0.4, 0.5) is 0 Å². The summed E-state index contributed by atoms with van der Waals surface area (Å²) < 4.78 is 0. The number of nitrogens with two attached hydrogens (primary N) is 9. The van der Waals surface area contributed by atoms with E-state index >= 15 is 0 Å². The fraction of sp³-hybridized carbons (Fsp3) is 0. The van der Waals surface area contributed by atoms with Crippen LogP contribution in [0.5, 0.6) is 0 Å². The first-order valence-corrected chi connectivity index (χ1v) is 1.70. The summed E-state index contributed by atoms with van der Waals surface area (Å²) in [6.45, 7) is 0. The molecule has 0 spiro atoms. The molecule has 0 aliphatic rings. The minimum absolute atomic E-state index is 0. The molecule has 0 bridgehead atoms. The van der Waals surface area contributed by atoms with Crippen molar-refractivity contribution in [3.05, 3.63) is 87.6 Å². The molecule has 0 aliphatic heterocycles. The van der Waals surface area contributed by atoms with Gasteiger partial charge in [-0.3, -0.25) is 9.97 Å². The van der Waals surface area contributed by atoms with Gasteiger partial charge in [-0.15, -0.1) is 0 Å². The predicted octanol–water partition coefficient (Wildman–Crippen LogP) is 7.38. The van der Waals surface area contributed by atoms with Crippen LogP contribution in [0.1, 0.15) is 0 Å². The monoisotopic (exact) mass is 443 g/mol. The molecule has 0 unspecified atom stereocenters. The van der Waals surface area contributed by atoms with Gasteiger partial charge in [0.25, 0.3) is 0 Å². The Morgan fingerprint density at radius 2 is 0.500 bits per heavy atom. The number of nitrogens with zero attached hydrogens (tertiary/aromatic N) is 2. The summed E-state index contributed by atoms with van der Waals surface area (Å²) in [5.74, 6) is 0. The zero-order valence-corrected chi connectivity index (χ0v) is 13.6. The molecule has 0 saturated carbocycles. The fourth-order valence-corrected chi connectivity index (χ4v) is 0.253. The van der Waals surface area contributed by atoms with Crippen LogP contribution in [-0.2, 0) is 39.0 Å². The van der Waals surface area contributed by atoms with Gasteiger partial charge < -0.3 is 62.8 Å². The normalized spacial score (nSPS) is 2.67.